The number of aliphatic hydroxyl groups is 1. The number of benzene rings is 1. The van der Waals surface area contributed by atoms with Crippen LogP contribution < -0.4 is 5.32 Å². The average Bonchev–Trinajstić information content (AvgIpc) is 2.44. The second kappa shape index (κ2) is 7.36. The zero-order valence-corrected chi connectivity index (χ0v) is 11.5. The highest BCUT2D eigenvalue weighted by Crippen LogP contribution is 2.10. The Balaban J connectivity index is 1.74. The zero-order chi connectivity index (χ0) is 14.4. The van der Waals surface area contributed by atoms with Crippen molar-refractivity contribution in [3.05, 3.63) is 35.6 Å². The summed E-state index contributed by atoms with van der Waals surface area (Å²) in [4.78, 5) is 14.1. The molecule has 4 nitrogen and oxygen atoms in total. The predicted octanol–water partition coefficient (Wildman–Crippen LogP) is 0.941. The number of carbonyl (C=O) groups excluding carboxylic acids is 1. The van der Waals surface area contributed by atoms with E-state index in [9.17, 15) is 9.18 Å². The first-order valence-corrected chi connectivity index (χ1v) is 7.04. The van der Waals surface area contributed by atoms with Crippen LogP contribution in [0.5, 0.6) is 0 Å². The van der Waals surface area contributed by atoms with E-state index in [1.807, 2.05) is 0 Å². The van der Waals surface area contributed by atoms with E-state index in [1.165, 1.54) is 12.1 Å². The van der Waals surface area contributed by atoms with Crippen LogP contribution in [0.4, 0.5) is 4.39 Å². The first-order valence-electron chi connectivity index (χ1n) is 7.04. The molecule has 110 valence electrons. The van der Waals surface area contributed by atoms with Crippen LogP contribution in [0.15, 0.2) is 24.3 Å². The predicted molar refractivity (Wildman–Crippen MR) is 74.8 cm³/mol. The number of halogens is 1. The van der Waals surface area contributed by atoms with Crippen molar-refractivity contribution in [3.8, 4) is 0 Å². The third-order valence-electron chi connectivity index (χ3n) is 3.65. The Morgan fingerprint density at radius 2 is 1.95 bits per heavy atom. The lowest BCUT2D eigenvalue weighted by Crippen LogP contribution is -2.45. The fourth-order valence-corrected chi connectivity index (χ4v) is 2.51. The lowest BCUT2D eigenvalue weighted by Gasteiger charge is -2.31. The van der Waals surface area contributed by atoms with Crippen LogP contribution in [0.2, 0.25) is 0 Å². The van der Waals surface area contributed by atoms with E-state index in [0.29, 0.717) is 6.54 Å². The molecule has 0 spiro atoms. The van der Waals surface area contributed by atoms with Crippen molar-refractivity contribution >= 4 is 5.91 Å². The molecule has 2 rings (SSSR count). The second-order valence-corrected chi connectivity index (χ2v) is 5.21. The Hall–Kier alpha value is -1.46. The quantitative estimate of drug-likeness (QED) is 0.844. The molecule has 1 amide bonds. The standard InChI is InChI=1S/C15H21FN2O2/c16-13-3-1-12(2-4-13)11-15(20)17-14-5-7-18(8-6-14)9-10-19/h1-4,14,19H,5-11H2,(H,17,20). The van der Waals surface area contributed by atoms with Crippen molar-refractivity contribution in [2.24, 2.45) is 0 Å². The van der Waals surface area contributed by atoms with Crippen LogP contribution >= 0.6 is 0 Å². The number of nitrogens with one attached hydrogen (secondary N) is 1. The third kappa shape index (κ3) is 4.58. The van der Waals surface area contributed by atoms with Gasteiger partial charge in [0.05, 0.1) is 13.0 Å². The number of hydrogen-bond donors (Lipinski definition) is 2. The van der Waals surface area contributed by atoms with Gasteiger partial charge < -0.3 is 15.3 Å². The van der Waals surface area contributed by atoms with Crippen LogP contribution in [0.1, 0.15) is 18.4 Å². The normalized spacial score (nSPS) is 17.1. The number of β-amino-alcohol motifs (C(OH)–C–C–N with tert-alkyl or cyclic N) is 1. The summed E-state index contributed by atoms with van der Waals surface area (Å²) in [6.45, 7) is 2.70. The number of nitrogens with zero attached hydrogens (tertiary/aromatic N) is 1. The van der Waals surface area contributed by atoms with Crippen LogP contribution in [0.25, 0.3) is 0 Å². The molecule has 1 aliphatic rings. The SMILES string of the molecule is O=C(Cc1ccc(F)cc1)NC1CCN(CCO)CC1. The van der Waals surface area contributed by atoms with Gasteiger partial charge in [-0.25, -0.2) is 4.39 Å². The molecule has 5 heteroatoms. The van der Waals surface area contributed by atoms with E-state index in [4.69, 9.17) is 5.11 Å². The number of aliphatic hydroxyl groups excluding tert-OH is 1. The van der Waals surface area contributed by atoms with Crippen molar-refractivity contribution in [1.82, 2.24) is 10.2 Å². The van der Waals surface area contributed by atoms with Gasteiger partial charge in [0, 0.05) is 25.7 Å². The Morgan fingerprint density at radius 1 is 1.30 bits per heavy atom. The first kappa shape index (κ1) is 14.9. The Kier molecular flexibility index (Phi) is 5.49. The van der Waals surface area contributed by atoms with Crippen LogP contribution in [-0.2, 0) is 11.2 Å². The molecule has 1 aromatic rings. The van der Waals surface area contributed by atoms with E-state index < -0.39 is 0 Å². The summed E-state index contributed by atoms with van der Waals surface area (Å²) in [5.74, 6) is -0.303. The smallest absolute Gasteiger partial charge is 0.224 e. The molecule has 0 saturated carbocycles. The summed E-state index contributed by atoms with van der Waals surface area (Å²) in [5, 5.41) is 11.9. The Morgan fingerprint density at radius 3 is 2.55 bits per heavy atom. The van der Waals surface area contributed by atoms with Crippen molar-refractivity contribution in [2.75, 3.05) is 26.2 Å². The molecule has 2 N–H and O–H groups in total. The summed E-state index contributed by atoms with van der Waals surface area (Å²) in [6, 6.07) is 6.22. The van der Waals surface area contributed by atoms with Gasteiger partial charge >= 0.3 is 0 Å². The van der Waals surface area contributed by atoms with Crippen molar-refractivity contribution in [3.63, 3.8) is 0 Å². The molecule has 0 bridgehead atoms. The topological polar surface area (TPSA) is 52.6 Å². The molecular weight excluding hydrogens is 259 g/mol. The van der Waals surface area contributed by atoms with E-state index in [1.54, 1.807) is 12.1 Å². The van der Waals surface area contributed by atoms with Gasteiger partial charge in [-0.1, -0.05) is 12.1 Å². The minimum Gasteiger partial charge on any atom is -0.395 e. The first-order chi connectivity index (χ1) is 9.67. The number of piperidine rings is 1. The van der Waals surface area contributed by atoms with Crippen molar-refractivity contribution in [1.29, 1.82) is 0 Å². The van der Waals surface area contributed by atoms with Crippen molar-refractivity contribution < 1.29 is 14.3 Å². The van der Waals surface area contributed by atoms with Gasteiger partial charge in [-0.05, 0) is 30.5 Å². The van der Waals surface area contributed by atoms with E-state index in [-0.39, 0.29) is 30.8 Å². The number of likely N-dealkylation sites (tertiary alicyclic amines) is 1. The minimum atomic E-state index is -0.287. The van der Waals surface area contributed by atoms with Crippen LogP contribution in [-0.4, -0.2) is 48.2 Å². The summed E-state index contributed by atoms with van der Waals surface area (Å²) in [7, 11) is 0. The summed E-state index contributed by atoms with van der Waals surface area (Å²) < 4.78 is 12.8. The molecule has 1 heterocycles. The molecular formula is C15H21FN2O2. The second-order valence-electron chi connectivity index (χ2n) is 5.21. The fourth-order valence-electron chi connectivity index (χ4n) is 2.51. The molecule has 1 aromatic carbocycles. The van der Waals surface area contributed by atoms with Gasteiger partial charge in [0.2, 0.25) is 5.91 Å². The molecule has 0 unspecified atom stereocenters. The molecule has 20 heavy (non-hydrogen) atoms. The van der Waals surface area contributed by atoms with Gasteiger partial charge in [-0.15, -0.1) is 0 Å². The maximum Gasteiger partial charge on any atom is 0.224 e. The van der Waals surface area contributed by atoms with Crippen LogP contribution in [0, 0.1) is 5.82 Å². The third-order valence-corrected chi connectivity index (χ3v) is 3.65. The van der Waals surface area contributed by atoms with Gasteiger partial charge in [0.1, 0.15) is 5.82 Å². The molecule has 0 atom stereocenters. The summed E-state index contributed by atoms with van der Waals surface area (Å²) >= 11 is 0. The fraction of sp³-hybridized carbons (Fsp3) is 0.533. The van der Waals surface area contributed by atoms with Gasteiger partial charge in [-0.2, -0.15) is 0 Å². The maximum atomic E-state index is 12.8. The lowest BCUT2D eigenvalue weighted by molar-refractivity contribution is -0.121. The van der Waals surface area contributed by atoms with E-state index in [2.05, 4.69) is 10.2 Å². The van der Waals surface area contributed by atoms with Gasteiger partial charge in [0.25, 0.3) is 0 Å². The zero-order valence-electron chi connectivity index (χ0n) is 11.5. The molecule has 1 aliphatic heterocycles. The Labute approximate surface area is 118 Å². The van der Waals surface area contributed by atoms with Gasteiger partial charge in [0.15, 0.2) is 0 Å². The summed E-state index contributed by atoms with van der Waals surface area (Å²) in [5.41, 5.74) is 0.821. The minimum absolute atomic E-state index is 0.0165. The molecule has 1 saturated heterocycles. The number of rotatable bonds is 5. The van der Waals surface area contributed by atoms with Gasteiger partial charge in [-0.3, -0.25) is 4.79 Å². The number of hydrogen-bond acceptors (Lipinski definition) is 3. The number of carbonyl (C=O) groups is 1. The maximum absolute atomic E-state index is 12.8. The summed E-state index contributed by atoms with van der Waals surface area (Å²) in [6.07, 6.45) is 2.11. The highest BCUT2D eigenvalue weighted by atomic mass is 19.1. The van der Waals surface area contributed by atoms with Crippen LogP contribution in [0.3, 0.4) is 0 Å². The highest BCUT2D eigenvalue weighted by Gasteiger charge is 2.20. The largest absolute Gasteiger partial charge is 0.395 e. The van der Waals surface area contributed by atoms with Crippen molar-refractivity contribution in [2.45, 2.75) is 25.3 Å². The molecule has 0 aromatic heterocycles. The number of amides is 1. The van der Waals surface area contributed by atoms with E-state index in [0.717, 1.165) is 31.5 Å². The van der Waals surface area contributed by atoms with E-state index >= 15 is 0 Å². The lowest BCUT2D eigenvalue weighted by atomic mass is 10.0. The molecule has 0 radical (unpaired) electrons. The average molecular weight is 280 g/mol. The Bertz CT molecular complexity index is 428. The molecule has 0 aliphatic carbocycles. The molecule has 1 fully saturated rings. The highest BCUT2D eigenvalue weighted by molar-refractivity contribution is 5.78. The monoisotopic (exact) mass is 280 g/mol.